The first kappa shape index (κ1) is 16.3. The van der Waals surface area contributed by atoms with Gasteiger partial charge in [-0.1, -0.05) is 19.9 Å². The van der Waals surface area contributed by atoms with Crippen molar-refractivity contribution in [1.82, 2.24) is 5.32 Å². The molecule has 1 fully saturated rings. The molecule has 1 N–H and O–H groups in total. The first-order valence-electron chi connectivity index (χ1n) is 7.96. The minimum atomic E-state index is 0.399. The van der Waals surface area contributed by atoms with Gasteiger partial charge in [0.1, 0.15) is 5.75 Å². The molecule has 1 aliphatic carbocycles. The van der Waals surface area contributed by atoms with Crippen LogP contribution in [0.5, 0.6) is 5.75 Å². The molecule has 0 aliphatic heterocycles. The molecule has 0 radical (unpaired) electrons. The number of nitrogens with one attached hydrogen (secondary N) is 1. The third-order valence-corrected chi connectivity index (χ3v) is 4.49. The molecule has 2 rings (SSSR count). The molecule has 1 saturated carbocycles. The molecule has 0 spiro atoms. The fourth-order valence-electron chi connectivity index (χ4n) is 3.01. The van der Waals surface area contributed by atoms with Crippen LogP contribution in [-0.2, 0) is 17.9 Å². The quantitative estimate of drug-likeness (QED) is 0.862. The minimum Gasteiger partial charge on any atom is -0.496 e. The molecule has 1 aromatic rings. The monoisotopic (exact) mass is 291 g/mol. The van der Waals surface area contributed by atoms with Crippen molar-refractivity contribution in [2.45, 2.75) is 58.8 Å². The summed E-state index contributed by atoms with van der Waals surface area (Å²) in [6, 6.07) is 6.32. The van der Waals surface area contributed by atoms with Gasteiger partial charge in [-0.25, -0.2) is 0 Å². The van der Waals surface area contributed by atoms with E-state index < -0.39 is 0 Å². The fourth-order valence-corrected chi connectivity index (χ4v) is 3.01. The topological polar surface area (TPSA) is 30.5 Å². The maximum absolute atomic E-state index is 6.14. The van der Waals surface area contributed by atoms with Crippen LogP contribution >= 0.6 is 0 Å². The molecule has 0 atom stereocenters. The third kappa shape index (κ3) is 4.72. The smallest absolute Gasteiger partial charge is 0.124 e. The van der Waals surface area contributed by atoms with E-state index in [2.05, 4.69) is 31.3 Å². The van der Waals surface area contributed by atoms with Crippen molar-refractivity contribution in [1.29, 1.82) is 0 Å². The molecule has 118 valence electrons. The van der Waals surface area contributed by atoms with Crippen molar-refractivity contribution in [3.05, 3.63) is 29.3 Å². The molecule has 0 saturated heterocycles. The van der Waals surface area contributed by atoms with Crippen molar-refractivity contribution in [3.8, 4) is 5.75 Å². The Hall–Kier alpha value is -1.06. The maximum atomic E-state index is 6.14. The van der Waals surface area contributed by atoms with Crippen molar-refractivity contribution in [3.63, 3.8) is 0 Å². The number of hydrogen-bond acceptors (Lipinski definition) is 3. The summed E-state index contributed by atoms with van der Waals surface area (Å²) in [5.41, 5.74) is 2.90. The van der Waals surface area contributed by atoms with Crippen LogP contribution in [0.25, 0.3) is 0 Å². The highest BCUT2D eigenvalue weighted by Crippen LogP contribution is 2.36. The highest BCUT2D eigenvalue weighted by molar-refractivity contribution is 5.36. The summed E-state index contributed by atoms with van der Waals surface area (Å²) in [5, 5.41) is 3.18. The fraction of sp³-hybridized carbons (Fsp3) is 0.667. The van der Waals surface area contributed by atoms with E-state index in [1.807, 2.05) is 13.1 Å². The summed E-state index contributed by atoms with van der Waals surface area (Å²) in [5.74, 6) is 0.922. The van der Waals surface area contributed by atoms with Gasteiger partial charge in [0.25, 0.3) is 0 Å². The van der Waals surface area contributed by atoms with E-state index in [-0.39, 0.29) is 0 Å². The molecule has 0 heterocycles. The van der Waals surface area contributed by atoms with Crippen LogP contribution in [0.4, 0.5) is 0 Å². The summed E-state index contributed by atoms with van der Waals surface area (Å²) >= 11 is 0. The van der Waals surface area contributed by atoms with Crippen LogP contribution in [0.15, 0.2) is 18.2 Å². The van der Waals surface area contributed by atoms with Gasteiger partial charge >= 0.3 is 0 Å². The second-order valence-corrected chi connectivity index (χ2v) is 6.85. The van der Waals surface area contributed by atoms with Crippen LogP contribution in [-0.4, -0.2) is 20.3 Å². The van der Waals surface area contributed by atoms with Crippen molar-refractivity contribution >= 4 is 0 Å². The van der Waals surface area contributed by atoms with E-state index in [0.29, 0.717) is 18.1 Å². The maximum Gasteiger partial charge on any atom is 0.124 e. The van der Waals surface area contributed by atoms with Crippen LogP contribution in [0.2, 0.25) is 0 Å². The summed E-state index contributed by atoms with van der Waals surface area (Å²) in [4.78, 5) is 0. The van der Waals surface area contributed by atoms with Crippen LogP contribution in [0.1, 0.15) is 50.7 Å². The highest BCUT2D eigenvalue weighted by atomic mass is 16.5. The summed E-state index contributed by atoms with van der Waals surface area (Å²) in [7, 11) is 3.68. The molecule has 1 aliphatic rings. The SMILES string of the molecule is CNCc1ccc(OC)c(COC2CCC(C)(C)CC2)c1. The van der Waals surface area contributed by atoms with Gasteiger partial charge in [0.15, 0.2) is 0 Å². The number of hydrogen-bond donors (Lipinski definition) is 1. The average Bonchev–Trinajstić information content (AvgIpc) is 2.47. The van der Waals surface area contributed by atoms with E-state index in [1.165, 1.54) is 31.2 Å². The molecule has 0 aromatic heterocycles. The Morgan fingerprint density at radius 2 is 1.95 bits per heavy atom. The standard InChI is InChI=1S/C18H29NO2/c1-18(2)9-7-16(8-10-18)21-13-15-11-14(12-19-3)5-6-17(15)20-4/h5-6,11,16,19H,7-10,12-13H2,1-4H3. The Labute approximate surface area is 129 Å². The van der Waals surface area contributed by atoms with Crippen LogP contribution in [0.3, 0.4) is 0 Å². The highest BCUT2D eigenvalue weighted by Gasteiger charge is 2.27. The first-order valence-corrected chi connectivity index (χ1v) is 7.96. The predicted octanol–water partition coefficient (Wildman–Crippen LogP) is 3.90. The number of ether oxygens (including phenoxy) is 2. The van der Waals surface area contributed by atoms with Gasteiger partial charge < -0.3 is 14.8 Å². The molecule has 0 unspecified atom stereocenters. The zero-order chi connectivity index (χ0) is 15.3. The van der Waals surface area contributed by atoms with Gasteiger partial charge in [0.2, 0.25) is 0 Å². The molecular weight excluding hydrogens is 262 g/mol. The molecular formula is C18H29NO2. The van der Waals surface area contributed by atoms with E-state index in [0.717, 1.165) is 17.9 Å². The average molecular weight is 291 g/mol. The van der Waals surface area contributed by atoms with Gasteiger partial charge in [0, 0.05) is 12.1 Å². The van der Waals surface area contributed by atoms with Gasteiger partial charge in [-0.2, -0.15) is 0 Å². The Kier molecular flexibility index (Phi) is 5.65. The Bertz CT molecular complexity index is 447. The molecule has 0 bridgehead atoms. The number of rotatable bonds is 6. The van der Waals surface area contributed by atoms with E-state index in [1.54, 1.807) is 7.11 Å². The zero-order valence-electron chi connectivity index (χ0n) is 13.9. The lowest BCUT2D eigenvalue weighted by atomic mass is 9.76. The number of benzene rings is 1. The second-order valence-electron chi connectivity index (χ2n) is 6.85. The predicted molar refractivity (Wildman–Crippen MR) is 86.6 cm³/mol. The Morgan fingerprint density at radius 3 is 2.57 bits per heavy atom. The van der Waals surface area contributed by atoms with Crippen molar-refractivity contribution < 1.29 is 9.47 Å². The van der Waals surface area contributed by atoms with Crippen LogP contribution in [0, 0.1) is 5.41 Å². The number of methoxy groups -OCH3 is 1. The third-order valence-electron chi connectivity index (χ3n) is 4.49. The lowest BCUT2D eigenvalue weighted by molar-refractivity contribution is -0.00623. The van der Waals surface area contributed by atoms with Crippen LogP contribution < -0.4 is 10.1 Å². The van der Waals surface area contributed by atoms with Gasteiger partial charge in [0.05, 0.1) is 19.8 Å². The molecule has 1 aromatic carbocycles. The first-order chi connectivity index (χ1) is 10.0. The van der Waals surface area contributed by atoms with E-state index in [9.17, 15) is 0 Å². The second kappa shape index (κ2) is 7.28. The van der Waals surface area contributed by atoms with Crippen molar-refractivity contribution in [2.24, 2.45) is 5.41 Å². The summed E-state index contributed by atoms with van der Waals surface area (Å²) in [6.07, 6.45) is 5.26. The van der Waals surface area contributed by atoms with Crippen molar-refractivity contribution in [2.75, 3.05) is 14.2 Å². The Morgan fingerprint density at radius 1 is 1.24 bits per heavy atom. The minimum absolute atomic E-state index is 0.399. The summed E-state index contributed by atoms with van der Waals surface area (Å²) < 4.78 is 11.6. The zero-order valence-corrected chi connectivity index (χ0v) is 13.9. The van der Waals surface area contributed by atoms with E-state index in [4.69, 9.17) is 9.47 Å². The Balaban J connectivity index is 1.94. The molecule has 3 nitrogen and oxygen atoms in total. The lowest BCUT2D eigenvalue weighted by Crippen LogP contribution is -2.26. The lowest BCUT2D eigenvalue weighted by Gasteiger charge is -2.34. The molecule has 21 heavy (non-hydrogen) atoms. The molecule has 0 amide bonds. The van der Waals surface area contributed by atoms with E-state index >= 15 is 0 Å². The molecule has 3 heteroatoms. The van der Waals surface area contributed by atoms with Gasteiger partial charge in [-0.3, -0.25) is 0 Å². The van der Waals surface area contributed by atoms with Gasteiger partial charge in [-0.05, 0) is 55.8 Å². The normalized spacial score (nSPS) is 18.7. The largest absolute Gasteiger partial charge is 0.496 e. The van der Waals surface area contributed by atoms with Gasteiger partial charge in [-0.15, -0.1) is 0 Å². The summed E-state index contributed by atoms with van der Waals surface area (Å²) in [6.45, 7) is 6.22.